The number of carbonyl (C=O) groups excluding carboxylic acids is 1. The van der Waals surface area contributed by atoms with Crippen LogP contribution < -0.4 is 5.32 Å². The van der Waals surface area contributed by atoms with Crippen molar-refractivity contribution in [3.63, 3.8) is 0 Å². The van der Waals surface area contributed by atoms with E-state index in [-0.39, 0.29) is 23.7 Å². The molecule has 2 rings (SSSR count). The molecule has 1 aromatic heterocycles. The molecule has 0 saturated heterocycles. The van der Waals surface area contributed by atoms with Crippen molar-refractivity contribution in [1.29, 1.82) is 0 Å². The maximum absolute atomic E-state index is 11.8. The quantitative estimate of drug-likeness (QED) is 0.886. The molecule has 0 unspecified atom stereocenters. The van der Waals surface area contributed by atoms with Gasteiger partial charge in [-0.1, -0.05) is 23.7 Å². The molecule has 110 valence electrons. The van der Waals surface area contributed by atoms with Crippen LogP contribution in [-0.2, 0) is 17.8 Å². The Bertz CT molecular complexity index is 667. The number of carbonyl (C=O) groups is 2. The molecule has 0 atom stereocenters. The summed E-state index contributed by atoms with van der Waals surface area (Å²) in [7, 11) is 0. The number of aryl methyl sites for hydroxylation is 1. The summed E-state index contributed by atoms with van der Waals surface area (Å²) in [6.45, 7) is 1.87. The Hall–Kier alpha value is -1.92. The fourth-order valence-corrected chi connectivity index (χ4v) is 2.72. The highest BCUT2D eigenvalue weighted by atomic mass is 35.5. The number of carboxylic acid groups (broad SMARTS) is 1. The van der Waals surface area contributed by atoms with Crippen LogP contribution in [0.3, 0.4) is 0 Å². The molecule has 0 radical (unpaired) electrons. The lowest BCUT2D eigenvalue weighted by Gasteiger charge is -2.03. The minimum absolute atomic E-state index is 0.151. The molecule has 1 heterocycles. The zero-order chi connectivity index (χ0) is 15.4. The SMILES string of the molecule is Cc1nc(CNC(=O)Cc2ccc(Cl)cc2)sc1C(=O)O. The van der Waals surface area contributed by atoms with Crippen LogP contribution in [0, 0.1) is 6.92 Å². The van der Waals surface area contributed by atoms with Crippen LogP contribution in [0.15, 0.2) is 24.3 Å². The van der Waals surface area contributed by atoms with Crippen molar-refractivity contribution < 1.29 is 14.7 Å². The average Bonchev–Trinajstić information content (AvgIpc) is 2.81. The van der Waals surface area contributed by atoms with Gasteiger partial charge in [0, 0.05) is 5.02 Å². The van der Waals surface area contributed by atoms with Gasteiger partial charge in [-0.15, -0.1) is 11.3 Å². The number of nitrogens with one attached hydrogen (secondary N) is 1. The zero-order valence-electron chi connectivity index (χ0n) is 11.2. The number of aromatic carboxylic acids is 1. The number of amides is 1. The lowest BCUT2D eigenvalue weighted by molar-refractivity contribution is -0.120. The van der Waals surface area contributed by atoms with E-state index < -0.39 is 5.97 Å². The van der Waals surface area contributed by atoms with Crippen LogP contribution in [0.1, 0.15) is 25.9 Å². The molecule has 2 N–H and O–H groups in total. The number of carboxylic acids is 1. The molecule has 5 nitrogen and oxygen atoms in total. The first-order chi connectivity index (χ1) is 9.95. The molecule has 7 heteroatoms. The predicted molar refractivity (Wildman–Crippen MR) is 80.8 cm³/mol. The van der Waals surface area contributed by atoms with Crippen molar-refractivity contribution >= 4 is 34.8 Å². The number of rotatable bonds is 5. The third-order valence-electron chi connectivity index (χ3n) is 2.75. The highest BCUT2D eigenvalue weighted by Gasteiger charge is 2.14. The Labute approximate surface area is 130 Å². The van der Waals surface area contributed by atoms with Crippen molar-refractivity contribution in [2.45, 2.75) is 19.9 Å². The van der Waals surface area contributed by atoms with Crippen LogP contribution in [-0.4, -0.2) is 22.0 Å². The average molecular weight is 325 g/mol. The van der Waals surface area contributed by atoms with E-state index in [9.17, 15) is 9.59 Å². The third kappa shape index (κ3) is 4.27. The number of hydrogen-bond acceptors (Lipinski definition) is 4. The van der Waals surface area contributed by atoms with Gasteiger partial charge >= 0.3 is 5.97 Å². The molecule has 1 aromatic carbocycles. The van der Waals surface area contributed by atoms with E-state index in [0.717, 1.165) is 16.9 Å². The second kappa shape index (κ2) is 6.69. The van der Waals surface area contributed by atoms with Gasteiger partial charge in [-0.3, -0.25) is 4.79 Å². The molecule has 21 heavy (non-hydrogen) atoms. The summed E-state index contributed by atoms with van der Waals surface area (Å²) in [6, 6.07) is 7.04. The summed E-state index contributed by atoms with van der Waals surface area (Å²) in [5, 5.41) is 12.9. The van der Waals surface area contributed by atoms with Gasteiger partial charge in [-0.2, -0.15) is 0 Å². The predicted octanol–water partition coefficient (Wildman–Crippen LogP) is 2.66. The van der Waals surface area contributed by atoms with E-state index in [1.165, 1.54) is 0 Å². The van der Waals surface area contributed by atoms with Crippen LogP contribution in [0.4, 0.5) is 0 Å². The molecule has 0 saturated carbocycles. The van der Waals surface area contributed by atoms with Gasteiger partial charge in [0.25, 0.3) is 0 Å². The molecule has 0 fully saturated rings. The van der Waals surface area contributed by atoms with Crippen molar-refractivity contribution in [3.8, 4) is 0 Å². The molecule has 0 bridgehead atoms. The summed E-state index contributed by atoms with van der Waals surface area (Å²) < 4.78 is 0. The topological polar surface area (TPSA) is 79.3 Å². The van der Waals surface area contributed by atoms with E-state index in [1.807, 2.05) is 0 Å². The van der Waals surface area contributed by atoms with Crippen molar-refractivity contribution in [1.82, 2.24) is 10.3 Å². The number of halogens is 1. The number of nitrogens with zero attached hydrogens (tertiary/aromatic N) is 1. The number of thiazole rings is 1. The summed E-state index contributed by atoms with van der Waals surface area (Å²) in [6.07, 6.45) is 0.243. The maximum Gasteiger partial charge on any atom is 0.347 e. The van der Waals surface area contributed by atoms with E-state index in [4.69, 9.17) is 16.7 Å². The highest BCUT2D eigenvalue weighted by molar-refractivity contribution is 7.13. The molecule has 0 spiro atoms. The fourth-order valence-electron chi connectivity index (χ4n) is 1.75. The Balaban J connectivity index is 1.90. The lowest BCUT2D eigenvalue weighted by atomic mass is 10.1. The van der Waals surface area contributed by atoms with Gasteiger partial charge in [0.1, 0.15) is 9.88 Å². The summed E-state index contributed by atoms with van der Waals surface area (Å²) >= 11 is 6.85. The zero-order valence-corrected chi connectivity index (χ0v) is 12.8. The maximum atomic E-state index is 11.8. The van der Waals surface area contributed by atoms with Crippen molar-refractivity contribution in [2.24, 2.45) is 0 Å². The van der Waals surface area contributed by atoms with Gasteiger partial charge in [0.15, 0.2) is 0 Å². The molecule has 0 aliphatic rings. The van der Waals surface area contributed by atoms with E-state index in [1.54, 1.807) is 31.2 Å². The minimum Gasteiger partial charge on any atom is -0.477 e. The Morgan fingerprint density at radius 3 is 2.57 bits per heavy atom. The highest BCUT2D eigenvalue weighted by Crippen LogP contribution is 2.17. The smallest absolute Gasteiger partial charge is 0.347 e. The van der Waals surface area contributed by atoms with E-state index in [0.29, 0.717) is 15.7 Å². The minimum atomic E-state index is -0.997. The second-order valence-electron chi connectivity index (χ2n) is 4.41. The Morgan fingerprint density at radius 2 is 2.00 bits per heavy atom. The van der Waals surface area contributed by atoms with Gasteiger partial charge in [0.2, 0.25) is 5.91 Å². The number of aromatic nitrogens is 1. The third-order valence-corrected chi connectivity index (χ3v) is 4.15. The van der Waals surface area contributed by atoms with Crippen LogP contribution in [0.25, 0.3) is 0 Å². The normalized spacial score (nSPS) is 10.4. The van der Waals surface area contributed by atoms with Crippen molar-refractivity contribution in [2.75, 3.05) is 0 Å². The standard InChI is InChI=1S/C14H13ClN2O3S/c1-8-13(14(19)20)21-12(17-8)7-16-11(18)6-9-2-4-10(15)5-3-9/h2-5H,6-7H2,1H3,(H,16,18)(H,19,20). The summed E-state index contributed by atoms with van der Waals surface area (Å²) in [5.74, 6) is -1.15. The van der Waals surface area contributed by atoms with Crippen LogP contribution in [0.2, 0.25) is 5.02 Å². The first-order valence-corrected chi connectivity index (χ1v) is 7.36. The molecular weight excluding hydrogens is 312 g/mol. The molecule has 0 aliphatic carbocycles. The first-order valence-electron chi connectivity index (χ1n) is 6.16. The fraction of sp³-hybridized carbons (Fsp3) is 0.214. The second-order valence-corrected chi connectivity index (χ2v) is 5.93. The molecular formula is C14H13ClN2O3S. The molecule has 2 aromatic rings. The summed E-state index contributed by atoms with van der Waals surface area (Å²) in [5.41, 5.74) is 1.33. The number of benzene rings is 1. The van der Waals surface area contributed by atoms with Crippen molar-refractivity contribution in [3.05, 3.63) is 50.4 Å². The molecule has 1 amide bonds. The van der Waals surface area contributed by atoms with Gasteiger partial charge in [-0.05, 0) is 24.6 Å². The molecule has 0 aliphatic heterocycles. The summed E-state index contributed by atoms with van der Waals surface area (Å²) in [4.78, 5) is 27.1. The van der Waals surface area contributed by atoms with Crippen LogP contribution in [0.5, 0.6) is 0 Å². The number of hydrogen-bond donors (Lipinski definition) is 2. The van der Waals surface area contributed by atoms with Gasteiger partial charge < -0.3 is 10.4 Å². The monoisotopic (exact) mass is 324 g/mol. The van der Waals surface area contributed by atoms with E-state index >= 15 is 0 Å². The largest absolute Gasteiger partial charge is 0.477 e. The van der Waals surface area contributed by atoms with Gasteiger partial charge in [0.05, 0.1) is 18.7 Å². The van der Waals surface area contributed by atoms with Gasteiger partial charge in [-0.25, -0.2) is 9.78 Å². The van der Waals surface area contributed by atoms with Crippen LogP contribution >= 0.6 is 22.9 Å². The Morgan fingerprint density at radius 1 is 1.33 bits per heavy atom. The van der Waals surface area contributed by atoms with E-state index in [2.05, 4.69) is 10.3 Å². The lowest BCUT2D eigenvalue weighted by Crippen LogP contribution is -2.24. The Kier molecular flexibility index (Phi) is 4.93. The first kappa shape index (κ1) is 15.5.